The molecule has 14 heteroatoms. The number of carbonyl (C=O) groups is 3. The fourth-order valence-electron chi connectivity index (χ4n) is 6.54. The van der Waals surface area contributed by atoms with E-state index in [1.54, 1.807) is 25.4 Å². The fraction of sp³-hybridized carbons (Fsp3) is 0.275. The predicted molar refractivity (Wildman–Crippen MR) is 210 cm³/mol. The Hall–Kier alpha value is -5.23. The zero-order valence-corrected chi connectivity index (χ0v) is 31.3. The Balaban J connectivity index is 1.44. The van der Waals surface area contributed by atoms with Gasteiger partial charge in [0.2, 0.25) is 17.7 Å². The van der Waals surface area contributed by atoms with E-state index in [9.17, 15) is 19.6 Å². The molecule has 5 aromatic rings. The molecule has 0 saturated carbocycles. The molecular formula is C40H42ClN9O3S. The molecule has 1 aliphatic rings. The lowest BCUT2D eigenvalue weighted by Crippen LogP contribution is -2.59. The average molecular weight is 764 g/mol. The molecule has 0 bridgehead atoms. The molecule has 3 aromatic carbocycles. The summed E-state index contributed by atoms with van der Waals surface area (Å²) in [6, 6.07) is 21.9. The van der Waals surface area contributed by atoms with Gasteiger partial charge in [0.25, 0.3) is 0 Å². The molecule has 1 aliphatic heterocycles. The van der Waals surface area contributed by atoms with Crippen LogP contribution in [0.4, 0.5) is 0 Å². The Labute approximate surface area is 323 Å². The molecule has 0 radical (unpaired) electrons. The summed E-state index contributed by atoms with van der Waals surface area (Å²) in [7, 11) is 1.56. The number of fused-ring (bicyclic) bond motifs is 3. The summed E-state index contributed by atoms with van der Waals surface area (Å²) in [5, 5.41) is 20.7. The van der Waals surface area contributed by atoms with E-state index in [1.807, 2.05) is 66.9 Å². The molecular weight excluding hydrogens is 722 g/mol. The van der Waals surface area contributed by atoms with Crippen molar-refractivity contribution in [3.63, 3.8) is 0 Å². The maximum atomic E-state index is 14.4. The number of nitrogens with one attached hydrogen (secondary N) is 4. The Bertz CT molecular complexity index is 2190. The third-order valence-electron chi connectivity index (χ3n) is 9.58. The summed E-state index contributed by atoms with van der Waals surface area (Å²) in [5.41, 5.74) is 17.4. The minimum Gasteiger partial charge on any atom is -0.361 e. The van der Waals surface area contributed by atoms with Crippen molar-refractivity contribution in [2.75, 3.05) is 20.1 Å². The van der Waals surface area contributed by atoms with E-state index < -0.39 is 35.8 Å². The van der Waals surface area contributed by atoms with Crippen LogP contribution in [0.2, 0.25) is 5.02 Å². The van der Waals surface area contributed by atoms with E-state index in [4.69, 9.17) is 23.1 Å². The number of nitrogens with zero attached hydrogens (tertiary/aromatic N) is 3. The highest BCUT2D eigenvalue weighted by molar-refractivity contribution is 7.99. The van der Waals surface area contributed by atoms with Gasteiger partial charge >= 0.3 is 0 Å². The first-order valence-electron chi connectivity index (χ1n) is 17.7. The van der Waals surface area contributed by atoms with Gasteiger partial charge in [-0.1, -0.05) is 59.8 Å². The minimum absolute atomic E-state index is 0.0794. The molecule has 0 spiro atoms. The van der Waals surface area contributed by atoms with E-state index in [2.05, 4.69) is 32.0 Å². The number of rotatable bonds is 7. The zero-order chi connectivity index (χ0) is 38.2. The SMILES string of the molecule is CN1C(=O)[C@H](CN)NC(=O)[C@H](CCCN)NCc2cccnc2Sc2c(Cl)cc(-c3ccc(C#N)cc3)cc2CNC(=O)[C@@H]1Cc1c[nH]c2ccccc12. The van der Waals surface area contributed by atoms with Crippen LogP contribution < -0.4 is 27.4 Å². The first kappa shape index (κ1) is 38.5. The second kappa shape index (κ2) is 17.7. The number of likely N-dealkylation sites (N-methyl/N-ethyl adjacent to an activating group) is 1. The number of halogens is 1. The minimum atomic E-state index is -1.09. The molecule has 0 unspecified atom stereocenters. The monoisotopic (exact) mass is 763 g/mol. The lowest BCUT2D eigenvalue weighted by molar-refractivity contribution is -0.141. The Kier molecular flexibility index (Phi) is 12.6. The predicted octanol–water partition coefficient (Wildman–Crippen LogP) is 4.25. The Morgan fingerprint density at radius 3 is 2.52 bits per heavy atom. The molecule has 278 valence electrons. The third kappa shape index (κ3) is 8.76. The van der Waals surface area contributed by atoms with Crippen molar-refractivity contribution in [2.24, 2.45) is 11.5 Å². The van der Waals surface area contributed by atoms with Gasteiger partial charge in [-0.3, -0.25) is 14.4 Å². The topological polar surface area (TPSA) is 195 Å². The van der Waals surface area contributed by atoms with E-state index in [0.717, 1.165) is 38.7 Å². The normalized spacial score (nSPS) is 18.6. The number of pyridine rings is 1. The second-order valence-corrected chi connectivity index (χ2v) is 14.5. The van der Waals surface area contributed by atoms with E-state index in [-0.39, 0.29) is 19.5 Å². The number of H-pyrrole nitrogens is 1. The highest BCUT2D eigenvalue weighted by atomic mass is 35.5. The number of aromatic nitrogens is 2. The number of hydrogen-bond donors (Lipinski definition) is 6. The lowest BCUT2D eigenvalue weighted by Gasteiger charge is -2.31. The smallest absolute Gasteiger partial charge is 0.246 e. The number of hydrogen-bond acceptors (Lipinski definition) is 9. The van der Waals surface area contributed by atoms with Gasteiger partial charge in [0.15, 0.2) is 0 Å². The van der Waals surface area contributed by atoms with Gasteiger partial charge in [0.05, 0.1) is 22.7 Å². The largest absolute Gasteiger partial charge is 0.361 e. The van der Waals surface area contributed by atoms with Crippen LogP contribution in [0.5, 0.6) is 0 Å². The molecule has 6 rings (SSSR count). The molecule has 3 heterocycles. The summed E-state index contributed by atoms with van der Waals surface area (Å²) in [4.78, 5) is 52.3. The van der Waals surface area contributed by atoms with Crippen LogP contribution in [0.3, 0.4) is 0 Å². The van der Waals surface area contributed by atoms with Crippen LogP contribution in [-0.2, 0) is 33.9 Å². The van der Waals surface area contributed by atoms with Gasteiger partial charge < -0.3 is 37.3 Å². The Morgan fingerprint density at radius 1 is 0.963 bits per heavy atom. The summed E-state index contributed by atoms with van der Waals surface area (Å²) in [6.07, 6.45) is 4.71. The van der Waals surface area contributed by atoms with Crippen molar-refractivity contribution in [1.82, 2.24) is 30.8 Å². The maximum Gasteiger partial charge on any atom is 0.246 e. The van der Waals surface area contributed by atoms with Crippen LogP contribution >= 0.6 is 23.4 Å². The maximum absolute atomic E-state index is 14.4. The van der Waals surface area contributed by atoms with E-state index in [1.165, 1.54) is 16.7 Å². The molecule has 54 heavy (non-hydrogen) atoms. The van der Waals surface area contributed by atoms with Gasteiger partial charge in [0.1, 0.15) is 17.1 Å². The highest BCUT2D eigenvalue weighted by Gasteiger charge is 2.34. The molecule has 0 saturated heterocycles. The molecule has 3 atom stereocenters. The molecule has 0 fully saturated rings. The van der Waals surface area contributed by atoms with Crippen LogP contribution in [0.15, 0.2) is 95.1 Å². The van der Waals surface area contributed by atoms with Gasteiger partial charge in [-0.15, -0.1) is 0 Å². The van der Waals surface area contributed by atoms with Crippen molar-refractivity contribution in [2.45, 2.75) is 60.4 Å². The van der Waals surface area contributed by atoms with E-state index in [0.29, 0.717) is 46.4 Å². The van der Waals surface area contributed by atoms with Gasteiger partial charge in [-0.2, -0.15) is 5.26 Å². The third-order valence-corrected chi connectivity index (χ3v) is 11.2. The number of para-hydroxylation sites is 1. The standard InChI is InChI=1S/C40H42ClN9O3S/c1-50-35(18-28-22-46-32-8-3-2-7-30(28)32)38(52)48-23-29-16-27(25-12-10-24(19-43)11-13-25)17-31(41)36(29)54-39-26(6-5-15-45-39)21-47-33(9-4-14-42)37(51)49-34(20-44)40(50)53/h2-3,5-8,10-13,15-17,22,33-35,46-47H,4,9,14,18,20-21,23,42,44H2,1H3,(H,48,52)(H,49,51)/t33-,34-,35-/m0/s1. The first-order chi connectivity index (χ1) is 26.2. The van der Waals surface area contributed by atoms with Crippen LogP contribution in [0.1, 0.15) is 35.1 Å². The van der Waals surface area contributed by atoms with Crippen molar-refractivity contribution in [3.05, 3.63) is 112 Å². The molecule has 12 nitrogen and oxygen atoms in total. The van der Waals surface area contributed by atoms with E-state index >= 15 is 0 Å². The van der Waals surface area contributed by atoms with Crippen LogP contribution in [0.25, 0.3) is 22.0 Å². The number of nitriles is 1. The lowest BCUT2D eigenvalue weighted by atomic mass is 10.0. The highest BCUT2D eigenvalue weighted by Crippen LogP contribution is 2.40. The summed E-state index contributed by atoms with van der Waals surface area (Å²) in [5.74, 6) is -1.30. The number of amides is 3. The molecule has 3 amide bonds. The number of benzene rings is 3. The number of carbonyl (C=O) groups excluding carboxylic acids is 3. The molecule has 8 N–H and O–H groups in total. The van der Waals surface area contributed by atoms with Crippen LogP contribution in [0, 0.1) is 11.3 Å². The van der Waals surface area contributed by atoms with Crippen molar-refractivity contribution in [1.29, 1.82) is 5.26 Å². The van der Waals surface area contributed by atoms with Crippen molar-refractivity contribution < 1.29 is 14.4 Å². The second-order valence-electron chi connectivity index (χ2n) is 13.1. The fourth-order valence-corrected chi connectivity index (χ4v) is 7.89. The summed E-state index contributed by atoms with van der Waals surface area (Å²) >= 11 is 8.44. The zero-order valence-electron chi connectivity index (χ0n) is 29.8. The van der Waals surface area contributed by atoms with Crippen molar-refractivity contribution >= 4 is 52.0 Å². The summed E-state index contributed by atoms with van der Waals surface area (Å²) < 4.78 is 0. The molecule has 2 aromatic heterocycles. The number of nitrogens with two attached hydrogens (primary N) is 2. The molecule has 0 aliphatic carbocycles. The summed E-state index contributed by atoms with van der Waals surface area (Å²) in [6.45, 7) is 0.578. The van der Waals surface area contributed by atoms with Crippen molar-refractivity contribution in [3.8, 4) is 17.2 Å². The quantitative estimate of drug-likeness (QED) is 0.141. The van der Waals surface area contributed by atoms with Gasteiger partial charge in [-0.25, -0.2) is 4.98 Å². The first-order valence-corrected chi connectivity index (χ1v) is 18.9. The Morgan fingerprint density at radius 2 is 1.76 bits per heavy atom. The van der Waals surface area contributed by atoms with Gasteiger partial charge in [0, 0.05) is 61.3 Å². The van der Waals surface area contributed by atoms with Gasteiger partial charge in [-0.05, 0) is 83.6 Å². The average Bonchev–Trinajstić information content (AvgIpc) is 3.61. The van der Waals surface area contributed by atoms with Crippen LogP contribution in [-0.4, -0.2) is 70.9 Å². The number of aromatic amines is 1.